The van der Waals surface area contributed by atoms with Gasteiger partial charge < -0.3 is 5.32 Å². The minimum Gasteiger partial charge on any atom is -0.312 e. The summed E-state index contributed by atoms with van der Waals surface area (Å²) in [6, 6.07) is 15.1. The van der Waals surface area contributed by atoms with Gasteiger partial charge in [-0.3, -0.25) is 9.88 Å². The molecule has 1 heterocycles. The Kier molecular flexibility index (Phi) is 5.48. The van der Waals surface area contributed by atoms with Crippen molar-refractivity contribution in [3.63, 3.8) is 0 Å². The van der Waals surface area contributed by atoms with Gasteiger partial charge in [0.05, 0.1) is 5.69 Å². The molecule has 1 unspecified atom stereocenters. The first kappa shape index (κ1) is 15.7. The van der Waals surface area contributed by atoms with Crippen LogP contribution in [0.5, 0.6) is 0 Å². The van der Waals surface area contributed by atoms with Gasteiger partial charge in [0, 0.05) is 24.8 Å². The molecule has 0 aliphatic rings. The Bertz CT molecular complexity index is 580. The normalized spacial score (nSPS) is 12.6. The molecule has 0 spiro atoms. The van der Waals surface area contributed by atoms with Crippen molar-refractivity contribution in [3.8, 4) is 0 Å². The first-order chi connectivity index (χ1) is 10.1. The molecular weight excluding hydrogens is 258 g/mol. The lowest BCUT2D eigenvalue weighted by molar-refractivity contribution is 0.286. The Hall–Kier alpha value is -1.71. The molecule has 1 aromatic heterocycles. The molecule has 0 saturated heterocycles. The standard InChI is InChI=1S/C18H25N3/c1-14-8-5-6-11-17(14)18(19-3)13-21(4)12-16-10-7-9-15(2)20-16/h5-11,18-19H,12-13H2,1-4H3. The van der Waals surface area contributed by atoms with E-state index in [0.717, 1.165) is 24.5 Å². The molecule has 112 valence electrons. The first-order valence-corrected chi connectivity index (χ1v) is 7.44. The highest BCUT2D eigenvalue weighted by Gasteiger charge is 2.14. The average molecular weight is 283 g/mol. The van der Waals surface area contributed by atoms with Crippen LogP contribution in [-0.2, 0) is 6.54 Å². The van der Waals surface area contributed by atoms with Gasteiger partial charge in [-0.2, -0.15) is 0 Å². The van der Waals surface area contributed by atoms with Gasteiger partial charge in [-0.1, -0.05) is 30.3 Å². The highest BCUT2D eigenvalue weighted by molar-refractivity contribution is 5.29. The Morgan fingerprint density at radius 2 is 1.86 bits per heavy atom. The lowest BCUT2D eigenvalue weighted by Gasteiger charge is -2.25. The first-order valence-electron chi connectivity index (χ1n) is 7.44. The van der Waals surface area contributed by atoms with E-state index in [1.165, 1.54) is 11.1 Å². The number of nitrogens with one attached hydrogen (secondary N) is 1. The van der Waals surface area contributed by atoms with E-state index in [-0.39, 0.29) is 0 Å². The second-order valence-corrected chi connectivity index (χ2v) is 5.66. The number of likely N-dealkylation sites (N-methyl/N-ethyl adjacent to an activating group) is 2. The summed E-state index contributed by atoms with van der Waals surface area (Å²) in [7, 11) is 4.17. The zero-order valence-electron chi connectivity index (χ0n) is 13.4. The summed E-state index contributed by atoms with van der Waals surface area (Å²) in [5.41, 5.74) is 4.89. The van der Waals surface area contributed by atoms with Crippen LogP contribution < -0.4 is 5.32 Å². The van der Waals surface area contributed by atoms with Crippen LogP contribution in [0, 0.1) is 13.8 Å². The van der Waals surface area contributed by atoms with Crippen molar-refractivity contribution >= 4 is 0 Å². The van der Waals surface area contributed by atoms with E-state index in [1.807, 2.05) is 20.0 Å². The van der Waals surface area contributed by atoms with Crippen molar-refractivity contribution in [1.29, 1.82) is 0 Å². The summed E-state index contributed by atoms with van der Waals surface area (Å²) in [4.78, 5) is 6.89. The molecule has 0 aliphatic carbocycles. The average Bonchev–Trinajstić information content (AvgIpc) is 2.45. The molecule has 0 fully saturated rings. The van der Waals surface area contributed by atoms with E-state index in [1.54, 1.807) is 0 Å². The van der Waals surface area contributed by atoms with Gasteiger partial charge in [0.25, 0.3) is 0 Å². The second kappa shape index (κ2) is 7.34. The molecule has 3 nitrogen and oxygen atoms in total. The van der Waals surface area contributed by atoms with Gasteiger partial charge in [-0.05, 0) is 51.2 Å². The lowest BCUT2D eigenvalue weighted by Crippen LogP contribution is -2.31. The zero-order valence-corrected chi connectivity index (χ0v) is 13.4. The maximum absolute atomic E-state index is 4.57. The molecule has 2 rings (SSSR count). The molecule has 1 aromatic carbocycles. The molecule has 1 atom stereocenters. The third-order valence-electron chi connectivity index (χ3n) is 3.78. The summed E-state index contributed by atoms with van der Waals surface area (Å²) in [6.45, 7) is 6.03. The molecule has 0 radical (unpaired) electrons. The molecule has 3 heteroatoms. The Morgan fingerprint density at radius 1 is 1.10 bits per heavy atom. The van der Waals surface area contributed by atoms with E-state index >= 15 is 0 Å². The maximum atomic E-state index is 4.57. The van der Waals surface area contributed by atoms with Crippen molar-refractivity contribution in [1.82, 2.24) is 15.2 Å². The zero-order chi connectivity index (χ0) is 15.2. The van der Waals surface area contributed by atoms with Gasteiger partial charge >= 0.3 is 0 Å². The third-order valence-corrected chi connectivity index (χ3v) is 3.78. The van der Waals surface area contributed by atoms with Crippen LogP contribution in [0.3, 0.4) is 0 Å². The van der Waals surface area contributed by atoms with Crippen molar-refractivity contribution in [2.75, 3.05) is 20.6 Å². The molecule has 21 heavy (non-hydrogen) atoms. The molecule has 2 aromatic rings. The SMILES string of the molecule is CNC(CN(C)Cc1cccc(C)n1)c1ccccc1C. The van der Waals surface area contributed by atoms with Crippen LogP contribution in [0.4, 0.5) is 0 Å². The van der Waals surface area contributed by atoms with Crippen molar-refractivity contribution in [2.24, 2.45) is 0 Å². The number of pyridine rings is 1. The highest BCUT2D eigenvalue weighted by atomic mass is 15.1. The minimum absolute atomic E-state index is 0.334. The predicted octanol–water partition coefficient (Wildman–Crippen LogP) is 3.09. The van der Waals surface area contributed by atoms with Crippen molar-refractivity contribution < 1.29 is 0 Å². The summed E-state index contributed by atoms with van der Waals surface area (Å²) >= 11 is 0. The second-order valence-electron chi connectivity index (χ2n) is 5.66. The van der Waals surface area contributed by atoms with Crippen molar-refractivity contribution in [2.45, 2.75) is 26.4 Å². The van der Waals surface area contributed by atoms with Gasteiger partial charge in [-0.25, -0.2) is 0 Å². The van der Waals surface area contributed by atoms with Gasteiger partial charge in [0.15, 0.2) is 0 Å². The number of benzene rings is 1. The monoisotopic (exact) mass is 283 g/mol. The van der Waals surface area contributed by atoms with Crippen LogP contribution in [0.2, 0.25) is 0 Å². The Labute approximate surface area is 128 Å². The Morgan fingerprint density at radius 3 is 2.52 bits per heavy atom. The van der Waals surface area contributed by atoms with Gasteiger partial charge in [0.2, 0.25) is 0 Å². The number of aryl methyl sites for hydroxylation is 2. The van der Waals surface area contributed by atoms with E-state index in [9.17, 15) is 0 Å². The van der Waals surface area contributed by atoms with Crippen LogP contribution in [0.1, 0.15) is 28.6 Å². The highest BCUT2D eigenvalue weighted by Crippen LogP contribution is 2.18. The fourth-order valence-corrected chi connectivity index (χ4v) is 2.66. The predicted molar refractivity (Wildman–Crippen MR) is 88.3 cm³/mol. The number of hydrogen-bond acceptors (Lipinski definition) is 3. The fraction of sp³-hybridized carbons (Fsp3) is 0.389. The minimum atomic E-state index is 0.334. The molecule has 1 N–H and O–H groups in total. The number of nitrogens with zero attached hydrogens (tertiary/aromatic N) is 2. The van der Waals surface area contributed by atoms with Crippen molar-refractivity contribution in [3.05, 3.63) is 65.0 Å². The molecular formula is C18H25N3. The summed E-state index contributed by atoms with van der Waals surface area (Å²) < 4.78 is 0. The van der Waals surface area contributed by atoms with Crippen LogP contribution >= 0.6 is 0 Å². The van der Waals surface area contributed by atoms with Gasteiger partial charge in [0.1, 0.15) is 0 Å². The quantitative estimate of drug-likeness (QED) is 0.883. The summed E-state index contributed by atoms with van der Waals surface area (Å²) in [5.74, 6) is 0. The van der Waals surface area contributed by atoms with Crippen LogP contribution in [0.15, 0.2) is 42.5 Å². The largest absolute Gasteiger partial charge is 0.312 e. The number of aromatic nitrogens is 1. The van der Waals surface area contributed by atoms with E-state index in [0.29, 0.717) is 6.04 Å². The fourth-order valence-electron chi connectivity index (χ4n) is 2.66. The lowest BCUT2D eigenvalue weighted by atomic mass is 10.0. The number of hydrogen-bond donors (Lipinski definition) is 1. The maximum Gasteiger partial charge on any atom is 0.0547 e. The van der Waals surface area contributed by atoms with E-state index in [4.69, 9.17) is 0 Å². The molecule has 0 amide bonds. The van der Waals surface area contributed by atoms with E-state index < -0.39 is 0 Å². The van der Waals surface area contributed by atoms with E-state index in [2.05, 4.69) is 65.6 Å². The summed E-state index contributed by atoms with van der Waals surface area (Å²) in [6.07, 6.45) is 0. The van der Waals surface area contributed by atoms with Crippen LogP contribution in [0.25, 0.3) is 0 Å². The third kappa shape index (κ3) is 4.38. The Balaban J connectivity index is 2.03. The number of rotatable bonds is 6. The summed E-state index contributed by atoms with van der Waals surface area (Å²) in [5, 5.41) is 3.43. The smallest absolute Gasteiger partial charge is 0.0547 e. The molecule has 0 saturated carbocycles. The molecule has 0 bridgehead atoms. The van der Waals surface area contributed by atoms with Crippen LogP contribution in [-0.4, -0.2) is 30.5 Å². The van der Waals surface area contributed by atoms with Gasteiger partial charge in [-0.15, -0.1) is 0 Å². The molecule has 0 aliphatic heterocycles. The topological polar surface area (TPSA) is 28.2 Å².